The van der Waals surface area contributed by atoms with E-state index in [0.717, 1.165) is 12.8 Å². The molecular weight excluding hydrogens is 168 g/mol. The molecule has 1 rings (SSSR count). The van der Waals surface area contributed by atoms with Crippen LogP contribution in [0.4, 0.5) is 0 Å². The van der Waals surface area contributed by atoms with Crippen LogP contribution in [0, 0.1) is 0 Å². The Labute approximate surface area is 77.0 Å². The van der Waals surface area contributed by atoms with Crippen molar-refractivity contribution < 1.29 is 9.53 Å². The van der Waals surface area contributed by atoms with Crippen molar-refractivity contribution in [1.82, 2.24) is 0 Å². The standard InChI is InChI=1S/C9H12N2O2/c1-10-5-7(6-11-2)9(12)13-8-3-4-8/h5-6,8H,1,3-4H2,2H3/b7-5+,11-6?. The number of esters is 1. The molecule has 0 aromatic heterocycles. The first-order valence-electron chi connectivity index (χ1n) is 4.07. The van der Waals surface area contributed by atoms with Gasteiger partial charge in [0.2, 0.25) is 0 Å². The monoisotopic (exact) mass is 180 g/mol. The van der Waals surface area contributed by atoms with Crippen molar-refractivity contribution >= 4 is 18.9 Å². The highest BCUT2D eigenvalue weighted by atomic mass is 16.5. The molecule has 1 fully saturated rings. The maximum absolute atomic E-state index is 11.3. The van der Waals surface area contributed by atoms with Crippen LogP contribution in [-0.4, -0.2) is 32.1 Å². The summed E-state index contributed by atoms with van der Waals surface area (Å²) in [4.78, 5) is 18.5. The van der Waals surface area contributed by atoms with Gasteiger partial charge in [0.15, 0.2) is 0 Å². The summed E-state index contributed by atoms with van der Waals surface area (Å²) in [5, 5.41) is 0. The lowest BCUT2D eigenvalue weighted by molar-refractivity contribution is -0.139. The summed E-state index contributed by atoms with van der Waals surface area (Å²) in [7, 11) is 1.58. The zero-order chi connectivity index (χ0) is 9.68. The maximum Gasteiger partial charge on any atom is 0.341 e. The molecule has 0 aliphatic heterocycles. The summed E-state index contributed by atoms with van der Waals surface area (Å²) < 4.78 is 5.04. The maximum atomic E-state index is 11.3. The molecule has 0 saturated heterocycles. The van der Waals surface area contributed by atoms with Crippen molar-refractivity contribution in [2.75, 3.05) is 7.05 Å². The van der Waals surface area contributed by atoms with Crippen LogP contribution in [0.1, 0.15) is 12.8 Å². The molecule has 0 heterocycles. The zero-order valence-corrected chi connectivity index (χ0v) is 7.56. The Kier molecular flexibility index (Phi) is 3.37. The van der Waals surface area contributed by atoms with Gasteiger partial charge in [0.1, 0.15) is 6.10 Å². The minimum absolute atomic E-state index is 0.103. The van der Waals surface area contributed by atoms with Gasteiger partial charge in [-0.1, -0.05) is 0 Å². The van der Waals surface area contributed by atoms with E-state index in [0.29, 0.717) is 5.57 Å². The summed E-state index contributed by atoms with van der Waals surface area (Å²) in [6.45, 7) is 3.26. The number of nitrogens with zero attached hydrogens (tertiary/aromatic N) is 2. The number of rotatable bonds is 4. The molecule has 0 spiro atoms. The van der Waals surface area contributed by atoms with E-state index in [1.54, 1.807) is 7.05 Å². The van der Waals surface area contributed by atoms with Crippen molar-refractivity contribution in [3.05, 3.63) is 11.8 Å². The molecule has 0 bridgehead atoms. The first-order chi connectivity index (χ1) is 6.27. The van der Waals surface area contributed by atoms with E-state index in [2.05, 4.69) is 16.7 Å². The van der Waals surface area contributed by atoms with Gasteiger partial charge in [0.25, 0.3) is 0 Å². The number of ether oxygens (including phenoxy) is 1. The molecule has 4 heteroatoms. The van der Waals surface area contributed by atoms with Gasteiger partial charge >= 0.3 is 5.97 Å². The van der Waals surface area contributed by atoms with Crippen molar-refractivity contribution in [3.8, 4) is 0 Å². The van der Waals surface area contributed by atoms with Gasteiger partial charge < -0.3 is 4.74 Å². The normalized spacial score (nSPS) is 17.5. The highest BCUT2D eigenvalue weighted by molar-refractivity contribution is 6.09. The van der Waals surface area contributed by atoms with E-state index in [-0.39, 0.29) is 12.1 Å². The molecule has 13 heavy (non-hydrogen) atoms. The molecule has 70 valence electrons. The molecule has 0 atom stereocenters. The molecule has 0 aromatic carbocycles. The van der Waals surface area contributed by atoms with Gasteiger partial charge in [-0.3, -0.25) is 9.98 Å². The number of carbonyl (C=O) groups excluding carboxylic acids is 1. The molecular formula is C9H12N2O2. The SMILES string of the molecule is C=N/C=C(\C=NC)C(=O)OC1CC1. The minimum atomic E-state index is -0.375. The summed E-state index contributed by atoms with van der Waals surface area (Å²) in [6.07, 6.45) is 4.79. The molecule has 1 aliphatic rings. The largest absolute Gasteiger partial charge is 0.459 e. The predicted octanol–water partition coefficient (Wildman–Crippen LogP) is 0.977. The molecule has 1 aliphatic carbocycles. The third kappa shape index (κ3) is 3.19. The van der Waals surface area contributed by atoms with Crippen LogP contribution in [0.15, 0.2) is 21.8 Å². The Morgan fingerprint density at radius 2 is 2.31 bits per heavy atom. The summed E-state index contributed by atoms with van der Waals surface area (Å²) in [5.74, 6) is -0.375. The zero-order valence-electron chi connectivity index (χ0n) is 7.56. The third-order valence-corrected chi connectivity index (χ3v) is 1.53. The van der Waals surface area contributed by atoms with Crippen LogP contribution < -0.4 is 0 Å². The average Bonchev–Trinajstić information content (AvgIpc) is 2.88. The van der Waals surface area contributed by atoms with Crippen molar-refractivity contribution in [1.29, 1.82) is 0 Å². The highest BCUT2D eigenvalue weighted by Crippen LogP contribution is 2.24. The first-order valence-corrected chi connectivity index (χ1v) is 4.07. The van der Waals surface area contributed by atoms with Gasteiger partial charge in [-0.2, -0.15) is 0 Å². The number of hydrogen-bond donors (Lipinski definition) is 0. The van der Waals surface area contributed by atoms with E-state index in [4.69, 9.17) is 4.74 Å². The number of carbonyl (C=O) groups is 1. The second kappa shape index (κ2) is 4.54. The van der Waals surface area contributed by atoms with E-state index >= 15 is 0 Å². The lowest BCUT2D eigenvalue weighted by Crippen LogP contribution is -2.10. The lowest BCUT2D eigenvalue weighted by atomic mass is 10.3. The van der Waals surface area contributed by atoms with Gasteiger partial charge in [-0.05, 0) is 19.6 Å². The van der Waals surface area contributed by atoms with Gasteiger partial charge in [-0.25, -0.2) is 4.79 Å². The Hall–Kier alpha value is -1.45. The van der Waals surface area contributed by atoms with Crippen molar-refractivity contribution in [3.63, 3.8) is 0 Å². The quantitative estimate of drug-likeness (QED) is 0.368. The Morgan fingerprint density at radius 3 is 2.77 bits per heavy atom. The fourth-order valence-corrected chi connectivity index (χ4v) is 0.781. The predicted molar refractivity (Wildman–Crippen MR) is 51.2 cm³/mol. The van der Waals surface area contributed by atoms with Crippen LogP contribution >= 0.6 is 0 Å². The van der Waals surface area contributed by atoms with E-state index in [1.165, 1.54) is 12.4 Å². The Balaban J connectivity index is 2.56. The minimum Gasteiger partial charge on any atom is -0.459 e. The van der Waals surface area contributed by atoms with Gasteiger partial charge in [-0.15, -0.1) is 0 Å². The van der Waals surface area contributed by atoms with Crippen LogP contribution in [0.25, 0.3) is 0 Å². The van der Waals surface area contributed by atoms with Crippen molar-refractivity contribution in [2.24, 2.45) is 9.98 Å². The van der Waals surface area contributed by atoms with E-state index < -0.39 is 0 Å². The fraction of sp³-hybridized carbons (Fsp3) is 0.444. The van der Waals surface area contributed by atoms with E-state index in [9.17, 15) is 4.79 Å². The van der Waals surface area contributed by atoms with E-state index in [1.807, 2.05) is 0 Å². The molecule has 1 saturated carbocycles. The molecule has 0 unspecified atom stereocenters. The summed E-state index contributed by atoms with van der Waals surface area (Å²) in [6, 6.07) is 0. The fourth-order valence-electron chi connectivity index (χ4n) is 0.781. The Bertz CT molecular complexity index is 265. The number of aliphatic imine (C=N–C) groups is 2. The van der Waals surface area contributed by atoms with Gasteiger partial charge in [0, 0.05) is 19.5 Å². The summed E-state index contributed by atoms with van der Waals surface area (Å²) in [5.41, 5.74) is 0.337. The summed E-state index contributed by atoms with van der Waals surface area (Å²) >= 11 is 0. The molecule has 0 N–H and O–H groups in total. The number of hydrogen-bond acceptors (Lipinski definition) is 4. The average molecular weight is 180 g/mol. The second-order valence-corrected chi connectivity index (χ2v) is 2.76. The lowest BCUT2D eigenvalue weighted by Gasteiger charge is -2.00. The molecule has 4 nitrogen and oxygen atoms in total. The van der Waals surface area contributed by atoms with Gasteiger partial charge in [0.05, 0.1) is 5.57 Å². The Morgan fingerprint density at radius 1 is 1.62 bits per heavy atom. The van der Waals surface area contributed by atoms with Crippen LogP contribution in [0.2, 0.25) is 0 Å². The third-order valence-electron chi connectivity index (χ3n) is 1.53. The highest BCUT2D eigenvalue weighted by Gasteiger charge is 2.26. The second-order valence-electron chi connectivity index (χ2n) is 2.76. The van der Waals surface area contributed by atoms with Crippen LogP contribution in [0.5, 0.6) is 0 Å². The molecule has 0 radical (unpaired) electrons. The smallest absolute Gasteiger partial charge is 0.341 e. The van der Waals surface area contributed by atoms with Crippen LogP contribution in [-0.2, 0) is 9.53 Å². The topological polar surface area (TPSA) is 51.0 Å². The van der Waals surface area contributed by atoms with Crippen molar-refractivity contribution in [2.45, 2.75) is 18.9 Å². The molecule has 0 amide bonds. The molecule has 0 aromatic rings. The first kappa shape index (κ1) is 9.64. The van der Waals surface area contributed by atoms with Crippen LogP contribution in [0.3, 0.4) is 0 Å².